The van der Waals surface area contributed by atoms with Gasteiger partial charge in [0.2, 0.25) is 0 Å². The first kappa shape index (κ1) is 17.0. The smallest absolute Gasteiger partial charge is 0.259 e. The molecule has 124 valence electrons. The second kappa shape index (κ2) is 8.33. The van der Waals surface area contributed by atoms with Gasteiger partial charge in [-0.15, -0.1) is 0 Å². The van der Waals surface area contributed by atoms with E-state index >= 15 is 0 Å². The van der Waals surface area contributed by atoms with Crippen LogP contribution in [0, 0.1) is 6.92 Å². The van der Waals surface area contributed by atoms with Gasteiger partial charge in [0.15, 0.2) is 6.61 Å². The Bertz CT molecular complexity index is 637. The summed E-state index contributed by atoms with van der Waals surface area (Å²) in [4.78, 5) is 13.1. The SMILES string of the molecule is Cc1cnn(CCNCc2ccccc2OCC(=O)N(C)C)c1. The molecule has 0 saturated carbocycles. The van der Waals surface area contributed by atoms with E-state index in [-0.39, 0.29) is 12.5 Å². The molecule has 6 nitrogen and oxygen atoms in total. The van der Waals surface area contributed by atoms with Crippen LogP contribution >= 0.6 is 0 Å². The Hall–Kier alpha value is -2.34. The lowest BCUT2D eigenvalue weighted by molar-refractivity contribution is -0.130. The first-order valence-electron chi connectivity index (χ1n) is 7.67. The van der Waals surface area contributed by atoms with E-state index in [9.17, 15) is 4.79 Å². The van der Waals surface area contributed by atoms with E-state index in [1.165, 1.54) is 4.90 Å². The molecule has 23 heavy (non-hydrogen) atoms. The van der Waals surface area contributed by atoms with Crippen molar-refractivity contribution in [2.75, 3.05) is 27.2 Å². The molecule has 1 heterocycles. The van der Waals surface area contributed by atoms with Gasteiger partial charge in [-0.25, -0.2) is 0 Å². The number of benzene rings is 1. The lowest BCUT2D eigenvalue weighted by atomic mass is 10.2. The quantitative estimate of drug-likeness (QED) is 0.749. The van der Waals surface area contributed by atoms with Crippen LogP contribution in [0.2, 0.25) is 0 Å². The Morgan fingerprint density at radius 1 is 1.35 bits per heavy atom. The fraction of sp³-hybridized carbons (Fsp3) is 0.412. The molecule has 2 aromatic rings. The number of amides is 1. The van der Waals surface area contributed by atoms with Gasteiger partial charge in [0.1, 0.15) is 5.75 Å². The second-order valence-corrected chi connectivity index (χ2v) is 5.64. The summed E-state index contributed by atoms with van der Waals surface area (Å²) in [5, 5.41) is 7.63. The first-order chi connectivity index (χ1) is 11.1. The fourth-order valence-electron chi connectivity index (χ4n) is 2.07. The van der Waals surface area contributed by atoms with Gasteiger partial charge >= 0.3 is 0 Å². The summed E-state index contributed by atoms with van der Waals surface area (Å²) in [5.74, 6) is 0.687. The molecule has 0 fully saturated rings. The van der Waals surface area contributed by atoms with Gasteiger partial charge < -0.3 is 15.0 Å². The van der Waals surface area contributed by atoms with E-state index < -0.39 is 0 Å². The number of ether oxygens (including phenoxy) is 1. The molecular weight excluding hydrogens is 292 g/mol. The van der Waals surface area contributed by atoms with E-state index in [2.05, 4.69) is 10.4 Å². The predicted octanol–water partition coefficient (Wildman–Crippen LogP) is 1.45. The van der Waals surface area contributed by atoms with Gasteiger partial charge in [-0.05, 0) is 18.6 Å². The number of hydrogen-bond donors (Lipinski definition) is 1. The zero-order chi connectivity index (χ0) is 16.7. The summed E-state index contributed by atoms with van der Waals surface area (Å²) in [5.41, 5.74) is 2.20. The van der Waals surface area contributed by atoms with Crippen molar-refractivity contribution in [2.24, 2.45) is 0 Å². The van der Waals surface area contributed by atoms with Gasteiger partial charge in [0.25, 0.3) is 5.91 Å². The van der Waals surface area contributed by atoms with Crippen LogP contribution in [0.3, 0.4) is 0 Å². The lowest BCUT2D eigenvalue weighted by Crippen LogP contribution is -2.28. The second-order valence-electron chi connectivity index (χ2n) is 5.64. The van der Waals surface area contributed by atoms with Crippen molar-refractivity contribution >= 4 is 5.91 Å². The van der Waals surface area contributed by atoms with Gasteiger partial charge in [-0.1, -0.05) is 18.2 Å². The number of carbonyl (C=O) groups is 1. The normalized spacial score (nSPS) is 10.6. The van der Waals surface area contributed by atoms with Crippen LogP contribution in [0.1, 0.15) is 11.1 Å². The number of para-hydroxylation sites is 1. The predicted molar refractivity (Wildman–Crippen MR) is 89.3 cm³/mol. The molecule has 1 N–H and O–H groups in total. The van der Waals surface area contributed by atoms with Crippen LogP contribution in [-0.4, -0.2) is 47.8 Å². The van der Waals surface area contributed by atoms with Gasteiger partial charge in [-0.2, -0.15) is 5.10 Å². The molecule has 1 aromatic carbocycles. The van der Waals surface area contributed by atoms with E-state index in [1.807, 2.05) is 48.3 Å². The number of nitrogens with one attached hydrogen (secondary N) is 1. The standard InChI is InChI=1S/C17H24N4O2/c1-14-10-19-21(12-14)9-8-18-11-15-6-4-5-7-16(15)23-13-17(22)20(2)3/h4-7,10,12,18H,8-9,11,13H2,1-3H3. The average molecular weight is 316 g/mol. The summed E-state index contributed by atoms with van der Waals surface area (Å²) in [6.07, 6.45) is 3.87. The van der Waals surface area contributed by atoms with Crippen LogP contribution in [0.4, 0.5) is 0 Å². The lowest BCUT2D eigenvalue weighted by Gasteiger charge is -2.14. The van der Waals surface area contributed by atoms with Crippen LogP contribution in [-0.2, 0) is 17.9 Å². The fourth-order valence-corrected chi connectivity index (χ4v) is 2.07. The van der Waals surface area contributed by atoms with Crippen LogP contribution in [0.15, 0.2) is 36.7 Å². The summed E-state index contributed by atoms with van der Waals surface area (Å²) >= 11 is 0. The van der Waals surface area contributed by atoms with Crippen molar-refractivity contribution < 1.29 is 9.53 Å². The maximum atomic E-state index is 11.6. The Morgan fingerprint density at radius 3 is 2.83 bits per heavy atom. The third-order valence-corrected chi connectivity index (χ3v) is 3.42. The first-order valence-corrected chi connectivity index (χ1v) is 7.67. The minimum atomic E-state index is -0.0539. The number of rotatable bonds is 8. The molecule has 1 amide bonds. The average Bonchev–Trinajstić information content (AvgIpc) is 2.95. The van der Waals surface area contributed by atoms with E-state index in [0.717, 1.165) is 30.0 Å². The number of likely N-dealkylation sites (N-methyl/N-ethyl adjacent to an activating group) is 1. The number of aryl methyl sites for hydroxylation is 1. The van der Waals surface area contributed by atoms with Crippen molar-refractivity contribution in [1.29, 1.82) is 0 Å². The van der Waals surface area contributed by atoms with Gasteiger partial charge in [0.05, 0.1) is 12.7 Å². The van der Waals surface area contributed by atoms with Crippen molar-refractivity contribution in [3.8, 4) is 5.75 Å². The van der Waals surface area contributed by atoms with Crippen molar-refractivity contribution in [3.05, 3.63) is 47.8 Å². The van der Waals surface area contributed by atoms with Gasteiger partial charge in [-0.3, -0.25) is 9.48 Å². The highest BCUT2D eigenvalue weighted by Crippen LogP contribution is 2.17. The highest BCUT2D eigenvalue weighted by Gasteiger charge is 2.07. The van der Waals surface area contributed by atoms with Crippen LogP contribution < -0.4 is 10.1 Å². The molecule has 0 bridgehead atoms. The number of nitrogens with zero attached hydrogens (tertiary/aromatic N) is 3. The summed E-state index contributed by atoms with van der Waals surface area (Å²) in [6, 6.07) is 7.76. The number of hydrogen-bond acceptors (Lipinski definition) is 4. The third-order valence-electron chi connectivity index (χ3n) is 3.42. The summed E-state index contributed by atoms with van der Waals surface area (Å²) in [7, 11) is 3.44. The molecule has 6 heteroatoms. The molecule has 0 radical (unpaired) electrons. The van der Waals surface area contributed by atoms with E-state index in [4.69, 9.17) is 4.74 Å². The van der Waals surface area contributed by atoms with Crippen molar-refractivity contribution in [3.63, 3.8) is 0 Å². The summed E-state index contributed by atoms with van der Waals surface area (Å²) < 4.78 is 7.55. The molecule has 0 saturated heterocycles. The molecule has 0 atom stereocenters. The minimum Gasteiger partial charge on any atom is -0.483 e. The largest absolute Gasteiger partial charge is 0.483 e. The maximum absolute atomic E-state index is 11.6. The van der Waals surface area contributed by atoms with Crippen LogP contribution in [0.5, 0.6) is 5.75 Å². The molecule has 0 aliphatic heterocycles. The minimum absolute atomic E-state index is 0.0522. The molecule has 0 spiro atoms. The molecular formula is C17H24N4O2. The molecule has 2 rings (SSSR count). The van der Waals surface area contributed by atoms with Crippen molar-refractivity contribution in [2.45, 2.75) is 20.0 Å². The Balaban J connectivity index is 1.81. The zero-order valence-corrected chi connectivity index (χ0v) is 14.0. The monoisotopic (exact) mass is 316 g/mol. The molecule has 1 aromatic heterocycles. The highest BCUT2D eigenvalue weighted by molar-refractivity contribution is 5.77. The third kappa shape index (κ3) is 5.41. The Kier molecular flexibility index (Phi) is 6.17. The van der Waals surface area contributed by atoms with E-state index in [0.29, 0.717) is 6.54 Å². The Morgan fingerprint density at radius 2 is 2.13 bits per heavy atom. The summed E-state index contributed by atoms with van der Waals surface area (Å²) in [6.45, 7) is 4.39. The highest BCUT2D eigenvalue weighted by atomic mass is 16.5. The topological polar surface area (TPSA) is 59.4 Å². The molecule has 0 aliphatic rings. The van der Waals surface area contributed by atoms with E-state index in [1.54, 1.807) is 14.1 Å². The molecule has 0 unspecified atom stereocenters. The Labute approximate surface area is 137 Å². The number of carbonyl (C=O) groups excluding carboxylic acids is 1. The van der Waals surface area contributed by atoms with Crippen LogP contribution in [0.25, 0.3) is 0 Å². The van der Waals surface area contributed by atoms with Crippen molar-refractivity contribution in [1.82, 2.24) is 20.0 Å². The zero-order valence-electron chi connectivity index (χ0n) is 14.0. The van der Waals surface area contributed by atoms with Gasteiger partial charge in [0, 0.05) is 38.9 Å². The molecule has 0 aliphatic carbocycles. The maximum Gasteiger partial charge on any atom is 0.259 e. The number of aromatic nitrogens is 2.